The topological polar surface area (TPSA) is 65.5 Å². The van der Waals surface area contributed by atoms with E-state index < -0.39 is 5.97 Å². The summed E-state index contributed by atoms with van der Waals surface area (Å²) in [7, 11) is 1.30. The Balaban J connectivity index is 0.00000121. The monoisotopic (exact) mass is 191 g/mol. The van der Waals surface area contributed by atoms with Crippen molar-refractivity contribution < 1.29 is 13.9 Å². The Hall–Kier alpha value is -1.00. The van der Waals surface area contributed by atoms with Crippen molar-refractivity contribution in [1.82, 2.24) is 0 Å². The van der Waals surface area contributed by atoms with E-state index in [4.69, 9.17) is 10.2 Å². The summed E-state index contributed by atoms with van der Waals surface area (Å²) in [6.07, 6.45) is 0. The molecule has 12 heavy (non-hydrogen) atoms. The van der Waals surface area contributed by atoms with E-state index >= 15 is 0 Å². The third kappa shape index (κ3) is 2.25. The molecule has 0 aromatic carbocycles. The molecule has 0 unspecified atom stereocenters. The standard InChI is InChI=1S/C7H9NO3.ClH/c1-10-7(9)6-3-2-5(4-8)11-6;/h2-3H,4,8H2,1H3;1H. The molecule has 1 aromatic rings. The first-order valence-corrected chi connectivity index (χ1v) is 3.15. The van der Waals surface area contributed by atoms with Crippen LogP contribution in [0, 0.1) is 0 Å². The molecule has 4 nitrogen and oxygen atoms in total. The van der Waals surface area contributed by atoms with Crippen LogP contribution in [0.3, 0.4) is 0 Å². The molecule has 0 spiro atoms. The van der Waals surface area contributed by atoms with E-state index in [0.717, 1.165) is 0 Å². The maximum atomic E-state index is 10.8. The van der Waals surface area contributed by atoms with Gasteiger partial charge in [-0.05, 0) is 12.1 Å². The number of rotatable bonds is 2. The summed E-state index contributed by atoms with van der Waals surface area (Å²) in [5.74, 6) is 0.281. The first kappa shape index (κ1) is 11.0. The van der Waals surface area contributed by atoms with Crippen LogP contribution in [-0.2, 0) is 11.3 Å². The number of nitrogens with two attached hydrogens (primary N) is 1. The summed E-state index contributed by atoms with van der Waals surface area (Å²) in [4.78, 5) is 10.8. The predicted octanol–water partition coefficient (Wildman–Crippen LogP) is 0.947. The van der Waals surface area contributed by atoms with Crippen molar-refractivity contribution >= 4 is 18.4 Å². The molecule has 1 heterocycles. The normalized spacial score (nSPS) is 8.83. The van der Waals surface area contributed by atoms with Gasteiger partial charge in [0, 0.05) is 0 Å². The van der Waals surface area contributed by atoms with Crippen LogP contribution in [-0.4, -0.2) is 13.1 Å². The number of carbonyl (C=O) groups excluding carboxylic acids is 1. The van der Waals surface area contributed by atoms with Crippen LogP contribution in [0.5, 0.6) is 0 Å². The minimum atomic E-state index is -0.482. The van der Waals surface area contributed by atoms with Crippen molar-refractivity contribution in [1.29, 1.82) is 0 Å². The van der Waals surface area contributed by atoms with Gasteiger partial charge in [-0.2, -0.15) is 0 Å². The quantitative estimate of drug-likeness (QED) is 0.707. The third-order valence-electron chi connectivity index (χ3n) is 1.25. The van der Waals surface area contributed by atoms with E-state index in [9.17, 15) is 4.79 Å². The molecule has 0 saturated heterocycles. The SMILES string of the molecule is COC(=O)c1ccc(CN)o1.Cl. The molecular weight excluding hydrogens is 182 g/mol. The molecule has 0 fully saturated rings. The lowest BCUT2D eigenvalue weighted by atomic mass is 10.4. The van der Waals surface area contributed by atoms with E-state index in [0.29, 0.717) is 5.76 Å². The van der Waals surface area contributed by atoms with E-state index in [-0.39, 0.29) is 24.7 Å². The lowest BCUT2D eigenvalue weighted by molar-refractivity contribution is 0.0563. The van der Waals surface area contributed by atoms with Crippen LogP contribution in [0.15, 0.2) is 16.5 Å². The maximum Gasteiger partial charge on any atom is 0.373 e. The fourth-order valence-corrected chi connectivity index (χ4v) is 0.698. The van der Waals surface area contributed by atoms with Gasteiger partial charge in [-0.1, -0.05) is 0 Å². The smallest absolute Gasteiger partial charge is 0.373 e. The van der Waals surface area contributed by atoms with E-state index in [1.54, 1.807) is 6.07 Å². The number of hydrogen-bond acceptors (Lipinski definition) is 4. The van der Waals surface area contributed by atoms with Gasteiger partial charge >= 0.3 is 5.97 Å². The summed E-state index contributed by atoms with van der Waals surface area (Å²) >= 11 is 0. The lowest BCUT2D eigenvalue weighted by Gasteiger charge is -1.92. The van der Waals surface area contributed by atoms with Crippen LogP contribution in [0.1, 0.15) is 16.3 Å². The first-order valence-electron chi connectivity index (χ1n) is 3.15. The van der Waals surface area contributed by atoms with Crippen molar-refractivity contribution in [2.75, 3.05) is 7.11 Å². The largest absolute Gasteiger partial charge is 0.463 e. The molecule has 2 N–H and O–H groups in total. The Bertz CT molecular complexity index is 259. The van der Waals surface area contributed by atoms with Crippen LogP contribution in [0.25, 0.3) is 0 Å². The minimum Gasteiger partial charge on any atom is -0.463 e. The fourth-order valence-electron chi connectivity index (χ4n) is 0.698. The highest BCUT2D eigenvalue weighted by Gasteiger charge is 2.09. The third-order valence-corrected chi connectivity index (χ3v) is 1.25. The van der Waals surface area contributed by atoms with Crippen molar-refractivity contribution in [2.24, 2.45) is 5.73 Å². The Morgan fingerprint density at radius 2 is 2.33 bits per heavy atom. The molecule has 68 valence electrons. The highest BCUT2D eigenvalue weighted by molar-refractivity contribution is 5.86. The number of halogens is 1. The molecule has 0 aliphatic heterocycles. The molecular formula is C7H10ClNO3. The molecule has 0 amide bonds. The highest BCUT2D eigenvalue weighted by Crippen LogP contribution is 2.07. The molecule has 0 aliphatic rings. The summed E-state index contributed by atoms with van der Waals surface area (Å²) in [5, 5.41) is 0. The van der Waals surface area contributed by atoms with Gasteiger partial charge in [-0.3, -0.25) is 0 Å². The molecule has 1 rings (SSSR count). The second-order valence-electron chi connectivity index (χ2n) is 1.96. The molecule has 0 radical (unpaired) electrons. The summed E-state index contributed by atoms with van der Waals surface area (Å²) in [6, 6.07) is 3.18. The number of esters is 1. The zero-order valence-corrected chi connectivity index (χ0v) is 7.39. The van der Waals surface area contributed by atoms with Crippen molar-refractivity contribution in [3.63, 3.8) is 0 Å². The van der Waals surface area contributed by atoms with Crippen LogP contribution >= 0.6 is 12.4 Å². The second kappa shape index (κ2) is 4.79. The summed E-state index contributed by atoms with van der Waals surface area (Å²) in [6.45, 7) is 0.289. The Kier molecular flexibility index (Phi) is 4.39. The van der Waals surface area contributed by atoms with Gasteiger partial charge in [0.25, 0.3) is 0 Å². The molecule has 0 atom stereocenters. The first-order chi connectivity index (χ1) is 5.27. The average molecular weight is 192 g/mol. The number of methoxy groups -OCH3 is 1. The Morgan fingerprint density at radius 1 is 1.67 bits per heavy atom. The Labute approximate surface area is 76.1 Å². The van der Waals surface area contributed by atoms with Crippen LogP contribution in [0.4, 0.5) is 0 Å². The van der Waals surface area contributed by atoms with Gasteiger partial charge in [0.1, 0.15) is 5.76 Å². The maximum absolute atomic E-state index is 10.8. The van der Waals surface area contributed by atoms with Crippen molar-refractivity contribution in [2.45, 2.75) is 6.54 Å². The van der Waals surface area contributed by atoms with E-state index in [1.807, 2.05) is 0 Å². The summed E-state index contributed by atoms with van der Waals surface area (Å²) < 4.78 is 9.41. The van der Waals surface area contributed by atoms with Crippen LogP contribution < -0.4 is 5.73 Å². The molecule has 5 heteroatoms. The number of hydrogen-bond donors (Lipinski definition) is 1. The van der Waals surface area contributed by atoms with Crippen molar-refractivity contribution in [3.8, 4) is 0 Å². The lowest BCUT2D eigenvalue weighted by Crippen LogP contribution is -1.99. The van der Waals surface area contributed by atoms with Crippen molar-refractivity contribution in [3.05, 3.63) is 23.7 Å². The second-order valence-corrected chi connectivity index (χ2v) is 1.96. The molecule has 0 bridgehead atoms. The minimum absolute atomic E-state index is 0. The van der Waals surface area contributed by atoms with Gasteiger partial charge in [0.05, 0.1) is 13.7 Å². The van der Waals surface area contributed by atoms with Gasteiger partial charge in [0.15, 0.2) is 0 Å². The summed E-state index contributed by atoms with van der Waals surface area (Å²) in [5.41, 5.74) is 5.26. The zero-order chi connectivity index (χ0) is 8.27. The fraction of sp³-hybridized carbons (Fsp3) is 0.286. The zero-order valence-electron chi connectivity index (χ0n) is 6.57. The molecule has 0 saturated carbocycles. The van der Waals surface area contributed by atoms with E-state index in [2.05, 4.69) is 4.74 Å². The van der Waals surface area contributed by atoms with E-state index in [1.165, 1.54) is 13.2 Å². The van der Waals surface area contributed by atoms with Crippen LogP contribution in [0.2, 0.25) is 0 Å². The highest BCUT2D eigenvalue weighted by atomic mass is 35.5. The Morgan fingerprint density at radius 3 is 2.75 bits per heavy atom. The molecule has 1 aromatic heterocycles. The number of ether oxygens (including phenoxy) is 1. The van der Waals surface area contributed by atoms with Gasteiger partial charge in [-0.15, -0.1) is 12.4 Å². The number of furan rings is 1. The van der Waals surface area contributed by atoms with Gasteiger partial charge in [-0.25, -0.2) is 4.79 Å². The van der Waals surface area contributed by atoms with Gasteiger partial charge in [0.2, 0.25) is 5.76 Å². The number of carbonyl (C=O) groups is 1. The van der Waals surface area contributed by atoms with Gasteiger partial charge < -0.3 is 14.9 Å². The average Bonchev–Trinajstić information content (AvgIpc) is 2.50. The molecule has 0 aliphatic carbocycles. The predicted molar refractivity (Wildman–Crippen MR) is 45.2 cm³/mol.